The number of sulfonamides is 1. The molecule has 0 aliphatic carbocycles. The van der Waals surface area contributed by atoms with E-state index in [1.807, 2.05) is 24.3 Å². The molecular weight excluding hydrogens is 422 g/mol. The van der Waals surface area contributed by atoms with Crippen molar-refractivity contribution in [2.24, 2.45) is 0 Å². The first-order valence-corrected chi connectivity index (χ1v) is 11.3. The topological polar surface area (TPSA) is 108 Å². The molecule has 1 heterocycles. The SMILES string of the molecule is COc1ccc(S(=O)(=O)N[C@@H](CO)C(=O)N2CCN(c3ccccc3OC)CC2)cc1. The normalized spacial score (nSPS) is 15.5. The van der Waals surface area contributed by atoms with Gasteiger partial charge in [-0.2, -0.15) is 4.72 Å². The van der Waals surface area contributed by atoms with Crippen LogP contribution in [0.25, 0.3) is 0 Å². The van der Waals surface area contributed by atoms with Gasteiger partial charge in [-0.05, 0) is 36.4 Å². The number of hydrogen-bond donors (Lipinski definition) is 2. The van der Waals surface area contributed by atoms with Crippen molar-refractivity contribution in [3.05, 3.63) is 48.5 Å². The number of anilines is 1. The summed E-state index contributed by atoms with van der Waals surface area (Å²) >= 11 is 0. The minimum Gasteiger partial charge on any atom is -0.497 e. The zero-order valence-electron chi connectivity index (χ0n) is 17.5. The highest BCUT2D eigenvalue weighted by molar-refractivity contribution is 7.89. The first-order chi connectivity index (χ1) is 14.9. The fraction of sp³-hybridized carbons (Fsp3) is 0.381. The summed E-state index contributed by atoms with van der Waals surface area (Å²) in [7, 11) is -0.891. The molecule has 1 saturated heterocycles. The second kappa shape index (κ2) is 9.99. The van der Waals surface area contributed by atoms with E-state index in [0.29, 0.717) is 31.9 Å². The number of aliphatic hydroxyl groups is 1. The number of aliphatic hydroxyl groups excluding tert-OH is 1. The number of hydrogen-bond acceptors (Lipinski definition) is 7. The molecule has 0 radical (unpaired) electrons. The van der Waals surface area contributed by atoms with Crippen LogP contribution in [-0.2, 0) is 14.8 Å². The van der Waals surface area contributed by atoms with Crippen molar-refractivity contribution in [3.8, 4) is 11.5 Å². The third-order valence-corrected chi connectivity index (χ3v) is 6.65. The highest BCUT2D eigenvalue weighted by Crippen LogP contribution is 2.28. The number of amides is 1. The predicted octanol–water partition coefficient (Wildman–Crippen LogP) is 0.692. The second-order valence-electron chi connectivity index (χ2n) is 7.02. The molecule has 0 unspecified atom stereocenters. The molecule has 168 valence electrons. The molecule has 1 amide bonds. The van der Waals surface area contributed by atoms with Gasteiger partial charge in [0.25, 0.3) is 0 Å². The number of carbonyl (C=O) groups excluding carboxylic acids is 1. The maximum atomic E-state index is 12.9. The van der Waals surface area contributed by atoms with E-state index in [1.54, 1.807) is 12.0 Å². The Morgan fingerprint density at radius 2 is 1.68 bits per heavy atom. The number of rotatable bonds is 8. The number of para-hydroxylation sites is 2. The Balaban J connectivity index is 1.64. The first-order valence-electron chi connectivity index (χ1n) is 9.83. The maximum absolute atomic E-state index is 12.9. The molecule has 9 nitrogen and oxygen atoms in total. The fourth-order valence-corrected chi connectivity index (χ4v) is 4.64. The molecule has 10 heteroatoms. The summed E-state index contributed by atoms with van der Waals surface area (Å²) < 4.78 is 38.0. The Hall–Kier alpha value is -2.82. The monoisotopic (exact) mass is 449 g/mol. The molecule has 1 aliphatic heterocycles. The van der Waals surface area contributed by atoms with Gasteiger partial charge >= 0.3 is 0 Å². The number of nitrogens with one attached hydrogen (secondary N) is 1. The summed E-state index contributed by atoms with van der Waals surface area (Å²) in [6.07, 6.45) is 0. The zero-order valence-corrected chi connectivity index (χ0v) is 18.3. The first kappa shape index (κ1) is 22.9. The van der Waals surface area contributed by atoms with Crippen molar-refractivity contribution in [2.45, 2.75) is 10.9 Å². The predicted molar refractivity (Wildman–Crippen MR) is 116 cm³/mol. The summed E-state index contributed by atoms with van der Waals surface area (Å²) in [6, 6.07) is 12.2. The molecule has 1 aliphatic rings. The number of nitrogens with zero attached hydrogens (tertiary/aromatic N) is 2. The Kier molecular flexibility index (Phi) is 7.37. The van der Waals surface area contributed by atoms with Gasteiger partial charge in [0.05, 0.1) is 31.4 Å². The Morgan fingerprint density at radius 1 is 1.03 bits per heavy atom. The van der Waals surface area contributed by atoms with Crippen LogP contribution in [0.15, 0.2) is 53.4 Å². The lowest BCUT2D eigenvalue weighted by Gasteiger charge is -2.37. The number of piperazine rings is 1. The molecule has 0 saturated carbocycles. The van der Waals surface area contributed by atoms with Gasteiger partial charge in [-0.1, -0.05) is 12.1 Å². The average molecular weight is 450 g/mol. The van der Waals surface area contributed by atoms with E-state index in [-0.39, 0.29) is 4.90 Å². The van der Waals surface area contributed by atoms with Gasteiger partial charge < -0.3 is 24.4 Å². The summed E-state index contributed by atoms with van der Waals surface area (Å²) in [4.78, 5) is 16.5. The van der Waals surface area contributed by atoms with Crippen LogP contribution in [-0.4, -0.2) is 77.4 Å². The molecule has 2 aromatic rings. The molecule has 1 fully saturated rings. The van der Waals surface area contributed by atoms with E-state index in [2.05, 4.69) is 9.62 Å². The van der Waals surface area contributed by atoms with Crippen molar-refractivity contribution < 1.29 is 27.8 Å². The third-order valence-electron chi connectivity index (χ3n) is 5.17. The van der Waals surface area contributed by atoms with Crippen LogP contribution in [0, 0.1) is 0 Å². The molecule has 0 aromatic heterocycles. The van der Waals surface area contributed by atoms with Crippen LogP contribution in [0.1, 0.15) is 0 Å². The van der Waals surface area contributed by atoms with E-state index in [4.69, 9.17) is 9.47 Å². The standard InChI is InChI=1S/C21H27N3O6S/c1-29-16-7-9-17(10-8-16)31(27,28)22-18(15-25)21(26)24-13-11-23(12-14-24)19-5-3-4-6-20(19)30-2/h3-10,18,22,25H,11-15H2,1-2H3/t18-/m0/s1. The second-order valence-corrected chi connectivity index (χ2v) is 8.73. The van der Waals surface area contributed by atoms with E-state index in [1.165, 1.54) is 31.4 Å². The van der Waals surface area contributed by atoms with Crippen LogP contribution in [0.2, 0.25) is 0 Å². The Labute approximate surface area is 182 Å². The largest absolute Gasteiger partial charge is 0.497 e. The molecule has 2 aromatic carbocycles. The van der Waals surface area contributed by atoms with Gasteiger partial charge in [0.1, 0.15) is 17.5 Å². The van der Waals surface area contributed by atoms with Gasteiger partial charge in [0, 0.05) is 26.2 Å². The molecule has 0 spiro atoms. The zero-order chi connectivity index (χ0) is 22.4. The van der Waals surface area contributed by atoms with Gasteiger partial charge in [-0.15, -0.1) is 0 Å². The van der Waals surface area contributed by atoms with Crippen LogP contribution < -0.4 is 19.1 Å². The Bertz CT molecular complexity index is 988. The van der Waals surface area contributed by atoms with Crippen LogP contribution >= 0.6 is 0 Å². The van der Waals surface area contributed by atoms with Gasteiger partial charge in [0.15, 0.2) is 0 Å². The highest BCUT2D eigenvalue weighted by atomic mass is 32.2. The van der Waals surface area contributed by atoms with Crippen LogP contribution in [0.3, 0.4) is 0 Å². The molecule has 0 bridgehead atoms. The molecular formula is C21H27N3O6S. The summed E-state index contributed by atoms with van der Waals surface area (Å²) in [6.45, 7) is 1.29. The van der Waals surface area contributed by atoms with Crippen LogP contribution in [0.5, 0.6) is 11.5 Å². The molecule has 3 rings (SSSR count). The summed E-state index contributed by atoms with van der Waals surface area (Å²) in [5.41, 5.74) is 0.941. The van der Waals surface area contributed by atoms with Crippen molar-refractivity contribution in [1.29, 1.82) is 0 Å². The minimum atomic E-state index is -3.98. The number of benzene rings is 2. The lowest BCUT2D eigenvalue weighted by molar-refractivity contribution is -0.134. The van der Waals surface area contributed by atoms with Crippen molar-refractivity contribution in [1.82, 2.24) is 9.62 Å². The average Bonchev–Trinajstić information content (AvgIpc) is 2.82. The van der Waals surface area contributed by atoms with E-state index >= 15 is 0 Å². The maximum Gasteiger partial charge on any atom is 0.243 e. The molecule has 31 heavy (non-hydrogen) atoms. The highest BCUT2D eigenvalue weighted by Gasteiger charge is 2.31. The smallest absolute Gasteiger partial charge is 0.243 e. The van der Waals surface area contributed by atoms with Crippen molar-refractivity contribution >= 4 is 21.6 Å². The van der Waals surface area contributed by atoms with Gasteiger partial charge in [-0.25, -0.2) is 8.42 Å². The fourth-order valence-electron chi connectivity index (χ4n) is 3.46. The number of ether oxygens (including phenoxy) is 2. The molecule has 2 N–H and O–H groups in total. The van der Waals surface area contributed by atoms with Crippen molar-refractivity contribution in [2.75, 3.05) is 51.9 Å². The molecule has 1 atom stereocenters. The summed E-state index contributed by atoms with van der Waals surface area (Å²) in [5, 5.41) is 9.70. The van der Waals surface area contributed by atoms with E-state index < -0.39 is 28.6 Å². The lowest BCUT2D eigenvalue weighted by Crippen LogP contribution is -2.56. The summed E-state index contributed by atoms with van der Waals surface area (Å²) in [5.74, 6) is 0.809. The lowest BCUT2D eigenvalue weighted by atomic mass is 10.2. The van der Waals surface area contributed by atoms with Gasteiger partial charge in [-0.3, -0.25) is 4.79 Å². The Morgan fingerprint density at radius 3 is 2.26 bits per heavy atom. The van der Waals surface area contributed by atoms with Crippen LogP contribution in [0.4, 0.5) is 5.69 Å². The van der Waals surface area contributed by atoms with Gasteiger partial charge in [0.2, 0.25) is 15.9 Å². The van der Waals surface area contributed by atoms with Crippen molar-refractivity contribution in [3.63, 3.8) is 0 Å². The van der Waals surface area contributed by atoms with E-state index in [0.717, 1.165) is 11.4 Å². The van der Waals surface area contributed by atoms with E-state index in [9.17, 15) is 18.3 Å². The quantitative estimate of drug-likeness (QED) is 0.610. The minimum absolute atomic E-state index is 0.0134. The number of methoxy groups -OCH3 is 2. The number of carbonyl (C=O) groups is 1. The third kappa shape index (κ3) is 5.27.